The minimum Gasteiger partial charge on any atom is -0.378 e. The maximum absolute atomic E-state index is 11.7. The number of nitrogen functional groups attached to an aromatic ring is 1. The molecule has 0 aliphatic heterocycles. The molecule has 104 valence electrons. The highest BCUT2D eigenvalue weighted by Gasteiger charge is 2.26. The van der Waals surface area contributed by atoms with E-state index in [4.69, 9.17) is 5.73 Å². The summed E-state index contributed by atoms with van der Waals surface area (Å²) in [6, 6.07) is 0. The minimum atomic E-state index is -0.645. The van der Waals surface area contributed by atoms with Gasteiger partial charge in [-0.15, -0.1) is 0 Å². The van der Waals surface area contributed by atoms with E-state index in [1.54, 1.807) is 21.0 Å². The quantitative estimate of drug-likeness (QED) is 0.584. The first-order valence-electron chi connectivity index (χ1n) is 5.58. The maximum Gasteiger partial charge on any atom is 0.353 e. The standard InChI is InChI=1S/C10H16N6O3/c1-4-15(5-7(17)14(2)3)10-8(16(18)19)9(11)12-6-13-10/h6H,4-5H2,1-3H3,(H2,11,12,13). The molecule has 0 aliphatic rings. The number of nitrogens with two attached hydrogens (primary N) is 1. The Balaban J connectivity index is 3.15. The molecule has 9 heteroatoms. The van der Waals surface area contributed by atoms with Crippen LogP contribution in [0.3, 0.4) is 0 Å². The molecule has 1 heterocycles. The molecule has 0 saturated heterocycles. The van der Waals surface area contributed by atoms with Gasteiger partial charge in [-0.2, -0.15) is 0 Å². The van der Waals surface area contributed by atoms with Crippen molar-refractivity contribution in [3.8, 4) is 0 Å². The van der Waals surface area contributed by atoms with E-state index in [-0.39, 0.29) is 29.8 Å². The molecule has 0 aliphatic carbocycles. The summed E-state index contributed by atoms with van der Waals surface area (Å²) < 4.78 is 0. The second kappa shape index (κ2) is 5.94. The summed E-state index contributed by atoms with van der Waals surface area (Å²) in [7, 11) is 3.22. The van der Waals surface area contributed by atoms with Gasteiger partial charge >= 0.3 is 5.69 Å². The highest BCUT2D eigenvalue weighted by Crippen LogP contribution is 2.29. The summed E-state index contributed by atoms with van der Waals surface area (Å²) in [5.41, 5.74) is 5.11. The number of carbonyl (C=O) groups is 1. The van der Waals surface area contributed by atoms with E-state index in [0.717, 1.165) is 6.33 Å². The third-order valence-corrected chi connectivity index (χ3v) is 2.52. The number of nitrogens with zero attached hydrogens (tertiary/aromatic N) is 5. The maximum atomic E-state index is 11.7. The number of carbonyl (C=O) groups excluding carboxylic acids is 1. The zero-order chi connectivity index (χ0) is 14.6. The monoisotopic (exact) mass is 268 g/mol. The summed E-state index contributed by atoms with van der Waals surface area (Å²) in [6.07, 6.45) is 1.14. The molecule has 0 fully saturated rings. The van der Waals surface area contributed by atoms with Gasteiger partial charge in [-0.05, 0) is 6.92 Å². The molecular weight excluding hydrogens is 252 g/mol. The Morgan fingerprint density at radius 1 is 1.47 bits per heavy atom. The van der Waals surface area contributed by atoms with Crippen molar-refractivity contribution >= 4 is 23.2 Å². The summed E-state index contributed by atoms with van der Waals surface area (Å²) in [5, 5.41) is 11.0. The van der Waals surface area contributed by atoms with Crippen LogP contribution in [0.2, 0.25) is 0 Å². The summed E-state index contributed by atoms with van der Waals surface area (Å²) in [6.45, 7) is 2.14. The van der Waals surface area contributed by atoms with Crippen molar-refractivity contribution in [1.29, 1.82) is 0 Å². The van der Waals surface area contributed by atoms with Gasteiger partial charge in [0.05, 0.1) is 11.5 Å². The van der Waals surface area contributed by atoms with Crippen LogP contribution in [0.15, 0.2) is 6.33 Å². The van der Waals surface area contributed by atoms with E-state index in [0.29, 0.717) is 6.54 Å². The Bertz CT molecular complexity index is 490. The Hall–Kier alpha value is -2.45. The van der Waals surface area contributed by atoms with E-state index in [1.165, 1.54) is 9.80 Å². The van der Waals surface area contributed by atoms with E-state index < -0.39 is 4.92 Å². The van der Waals surface area contributed by atoms with Crippen molar-refractivity contribution in [3.05, 3.63) is 16.4 Å². The number of hydrogen-bond donors (Lipinski definition) is 1. The fraction of sp³-hybridized carbons (Fsp3) is 0.500. The van der Waals surface area contributed by atoms with Gasteiger partial charge in [0.1, 0.15) is 6.33 Å². The van der Waals surface area contributed by atoms with E-state index in [1.807, 2.05) is 0 Å². The molecule has 0 radical (unpaired) electrons. The van der Waals surface area contributed by atoms with Gasteiger partial charge in [-0.3, -0.25) is 14.9 Å². The molecule has 9 nitrogen and oxygen atoms in total. The molecule has 0 unspecified atom stereocenters. The van der Waals surface area contributed by atoms with Crippen LogP contribution in [-0.2, 0) is 4.79 Å². The van der Waals surface area contributed by atoms with Gasteiger partial charge in [-0.1, -0.05) is 0 Å². The number of amides is 1. The third kappa shape index (κ3) is 3.27. The first kappa shape index (κ1) is 14.6. The summed E-state index contributed by atoms with van der Waals surface area (Å²) in [5.74, 6) is -0.353. The van der Waals surface area contributed by atoms with Gasteiger partial charge in [0.15, 0.2) is 0 Å². The second-order valence-electron chi connectivity index (χ2n) is 3.99. The van der Waals surface area contributed by atoms with E-state index in [9.17, 15) is 14.9 Å². The van der Waals surface area contributed by atoms with Gasteiger partial charge in [0.25, 0.3) is 0 Å². The van der Waals surface area contributed by atoms with Crippen LogP contribution in [0.1, 0.15) is 6.92 Å². The lowest BCUT2D eigenvalue weighted by atomic mass is 10.3. The van der Waals surface area contributed by atoms with Crippen LogP contribution in [0.4, 0.5) is 17.3 Å². The average Bonchev–Trinajstić information content (AvgIpc) is 2.34. The highest BCUT2D eigenvalue weighted by molar-refractivity contribution is 5.82. The van der Waals surface area contributed by atoms with Crippen molar-refractivity contribution in [1.82, 2.24) is 14.9 Å². The molecule has 0 spiro atoms. The van der Waals surface area contributed by atoms with Gasteiger partial charge in [0, 0.05) is 20.6 Å². The molecule has 0 aromatic carbocycles. The molecule has 1 aromatic heterocycles. The molecule has 1 rings (SSSR count). The first-order valence-corrected chi connectivity index (χ1v) is 5.58. The summed E-state index contributed by atoms with van der Waals surface area (Å²) in [4.78, 5) is 32.4. The normalized spacial score (nSPS) is 10.1. The molecule has 0 saturated carbocycles. The van der Waals surface area contributed by atoms with Crippen molar-refractivity contribution in [2.75, 3.05) is 37.8 Å². The van der Waals surface area contributed by atoms with Gasteiger partial charge in [-0.25, -0.2) is 9.97 Å². The minimum absolute atomic E-state index is 0.0131. The first-order chi connectivity index (χ1) is 8.88. The van der Waals surface area contributed by atoms with Crippen molar-refractivity contribution in [2.24, 2.45) is 0 Å². The molecular formula is C10H16N6O3. The van der Waals surface area contributed by atoms with Crippen LogP contribution in [0.5, 0.6) is 0 Å². The highest BCUT2D eigenvalue weighted by atomic mass is 16.6. The Labute approximate surface area is 110 Å². The fourth-order valence-corrected chi connectivity index (χ4v) is 1.43. The van der Waals surface area contributed by atoms with Crippen molar-refractivity contribution in [2.45, 2.75) is 6.92 Å². The average molecular weight is 268 g/mol. The lowest BCUT2D eigenvalue weighted by Crippen LogP contribution is -2.37. The number of aromatic nitrogens is 2. The number of nitro groups is 1. The molecule has 2 N–H and O–H groups in total. The SMILES string of the molecule is CCN(CC(=O)N(C)C)c1ncnc(N)c1[N+](=O)[O-]. The number of hydrogen-bond acceptors (Lipinski definition) is 7. The van der Waals surface area contributed by atoms with E-state index in [2.05, 4.69) is 9.97 Å². The van der Waals surface area contributed by atoms with Crippen LogP contribution < -0.4 is 10.6 Å². The predicted octanol–water partition coefficient (Wildman–Crippen LogP) is -0.118. The predicted molar refractivity (Wildman–Crippen MR) is 69.7 cm³/mol. The van der Waals surface area contributed by atoms with E-state index >= 15 is 0 Å². The molecule has 0 atom stereocenters. The van der Waals surface area contributed by atoms with Crippen LogP contribution in [0.25, 0.3) is 0 Å². The number of rotatable bonds is 5. The van der Waals surface area contributed by atoms with Gasteiger partial charge in [0.2, 0.25) is 17.5 Å². The largest absolute Gasteiger partial charge is 0.378 e. The molecule has 19 heavy (non-hydrogen) atoms. The van der Waals surface area contributed by atoms with Crippen molar-refractivity contribution in [3.63, 3.8) is 0 Å². The summed E-state index contributed by atoms with van der Waals surface area (Å²) >= 11 is 0. The van der Waals surface area contributed by atoms with Crippen LogP contribution >= 0.6 is 0 Å². The zero-order valence-corrected chi connectivity index (χ0v) is 11.0. The lowest BCUT2D eigenvalue weighted by molar-refractivity contribution is -0.383. The van der Waals surface area contributed by atoms with Crippen LogP contribution in [0, 0.1) is 10.1 Å². The Kier molecular flexibility index (Phi) is 4.56. The molecule has 1 aromatic rings. The second-order valence-corrected chi connectivity index (χ2v) is 3.99. The van der Waals surface area contributed by atoms with Crippen LogP contribution in [-0.4, -0.2) is 52.9 Å². The zero-order valence-electron chi connectivity index (χ0n) is 11.0. The number of anilines is 2. The lowest BCUT2D eigenvalue weighted by Gasteiger charge is -2.22. The molecule has 1 amide bonds. The molecule has 0 bridgehead atoms. The fourth-order valence-electron chi connectivity index (χ4n) is 1.43. The topological polar surface area (TPSA) is 118 Å². The number of likely N-dealkylation sites (N-methyl/N-ethyl adjacent to an activating group) is 2. The Morgan fingerprint density at radius 3 is 2.58 bits per heavy atom. The third-order valence-electron chi connectivity index (χ3n) is 2.52. The smallest absolute Gasteiger partial charge is 0.353 e. The van der Waals surface area contributed by atoms with Gasteiger partial charge < -0.3 is 15.5 Å². The van der Waals surface area contributed by atoms with Crippen molar-refractivity contribution < 1.29 is 9.72 Å². The Morgan fingerprint density at radius 2 is 2.11 bits per heavy atom.